The number of benzene rings is 4. The van der Waals surface area contributed by atoms with E-state index in [0.29, 0.717) is 21.8 Å². The van der Waals surface area contributed by atoms with Crippen molar-refractivity contribution in [2.75, 3.05) is 0 Å². The first kappa shape index (κ1) is 34.4. The third-order valence-corrected chi connectivity index (χ3v) is 7.52. The third-order valence-electron chi connectivity index (χ3n) is 7.52. The maximum absolute atomic E-state index is 14.4. The molecule has 0 unspecified atom stereocenters. The summed E-state index contributed by atoms with van der Waals surface area (Å²) in [7, 11) is 0. The van der Waals surface area contributed by atoms with Crippen molar-refractivity contribution >= 4 is 55.4 Å². The topological polar surface area (TPSA) is 102 Å². The lowest BCUT2D eigenvalue weighted by molar-refractivity contribution is -0.499. The number of rotatable bonds is 11. The van der Waals surface area contributed by atoms with Gasteiger partial charge >= 0.3 is 36.2 Å². The summed E-state index contributed by atoms with van der Waals surface area (Å²) < 4.78 is 120. The minimum Gasteiger partial charge on any atom is -0.344 e. The molecule has 0 saturated carbocycles. The first-order valence-corrected chi connectivity index (χ1v) is 14.6. The van der Waals surface area contributed by atoms with Gasteiger partial charge in [0, 0.05) is 34.6 Å². The lowest BCUT2D eigenvalue weighted by Gasteiger charge is -2.30. The second kappa shape index (κ2) is 12.8. The maximum atomic E-state index is 14.4. The molecular weight excluding hydrogens is 680 g/mol. The number of aromatic nitrogens is 2. The standard InChI is InChI=1S/C34H22F8N4O4/c35-31(36,29(47)43-17-23-11-5-9-21-15-19-7-1-3-13-25(19)45-27(21)23)49-33(39,40)34(41,42)50-32(37,38)30(48)44-18-24-12-6-10-22-16-20-8-2-4-14-26(20)46-28(22)24/h1-16H,17-18H2,(H,43,47)(H,44,48). The van der Waals surface area contributed by atoms with Crippen LogP contribution in [-0.4, -0.2) is 46.2 Å². The van der Waals surface area contributed by atoms with E-state index in [0.717, 1.165) is 10.8 Å². The Morgan fingerprint density at radius 2 is 0.880 bits per heavy atom. The lowest BCUT2D eigenvalue weighted by Crippen LogP contribution is -2.56. The molecule has 0 fully saturated rings. The highest BCUT2D eigenvalue weighted by Crippen LogP contribution is 2.43. The average Bonchev–Trinajstić information content (AvgIpc) is 3.06. The molecule has 2 N–H and O–H groups in total. The fraction of sp³-hybridized carbons (Fsp3) is 0.176. The van der Waals surface area contributed by atoms with Crippen LogP contribution in [0.4, 0.5) is 35.1 Å². The summed E-state index contributed by atoms with van der Waals surface area (Å²) in [5.74, 6) is -5.21. The van der Waals surface area contributed by atoms with Gasteiger partial charge in [-0.3, -0.25) is 9.59 Å². The number of fused-ring (bicyclic) bond motifs is 4. The van der Waals surface area contributed by atoms with Crippen LogP contribution in [-0.2, 0) is 32.2 Å². The molecule has 0 atom stereocenters. The van der Waals surface area contributed by atoms with Crippen molar-refractivity contribution in [3.05, 3.63) is 108 Å². The van der Waals surface area contributed by atoms with E-state index in [9.17, 15) is 44.7 Å². The zero-order chi connectivity index (χ0) is 35.9. The number of ether oxygens (including phenoxy) is 2. The van der Waals surface area contributed by atoms with Crippen LogP contribution in [0.25, 0.3) is 43.6 Å². The number of carbonyl (C=O) groups is 2. The second-order valence-electron chi connectivity index (χ2n) is 11.0. The molecule has 50 heavy (non-hydrogen) atoms. The number of pyridine rings is 2. The van der Waals surface area contributed by atoms with Crippen molar-refractivity contribution in [1.29, 1.82) is 0 Å². The van der Waals surface area contributed by atoms with E-state index in [-0.39, 0.29) is 22.2 Å². The summed E-state index contributed by atoms with van der Waals surface area (Å²) in [6, 6.07) is 26.2. The Kier molecular flexibility index (Phi) is 8.78. The highest BCUT2D eigenvalue weighted by Gasteiger charge is 2.69. The van der Waals surface area contributed by atoms with Crippen molar-refractivity contribution < 1.29 is 54.2 Å². The van der Waals surface area contributed by atoms with Crippen LogP contribution in [0.5, 0.6) is 0 Å². The molecule has 0 aliphatic carbocycles. The van der Waals surface area contributed by atoms with Crippen molar-refractivity contribution in [3.63, 3.8) is 0 Å². The molecule has 2 heterocycles. The van der Waals surface area contributed by atoms with Gasteiger partial charge in [-0.25, -0.2) is 19.4 Å². The summed E-state index contributed by atoms with van der Waals surface area (Å²) >= 11 is 0. The Labute approximate surface area is 276 Å². The Bertz CT molecular complexity index is 2110. The van der Waals surface area contributed by atoms with E-state index in [1.54, 1.807) is 83.4 Å². The molecule has 16 heteroatoms. The molecule has 6 rings (SSSR count). The summed E-state index contributed by atoms with van der Waals surface area (Å²) in [6.45, 7) is -1.47. The zero-order valence-corrected chi connectivity index (χ0v) is 25.2. The van der Waals surface area contributed by atoms with Crippen LogP contribution in [0.15, 0.2) is 97.1 Å². The first-order valence-electron chi connectivity index (χ1n) is 14.6. The van der Waals surface area contributed by atoms with Crippen molar-refractivity contribution in [2.24, 2.45) is 0 Å². The van der Waals surface area contributed by atoms with Gasteiger partial charge in [-0.05, 0) is 35.4 Å². The normalized spacial score (nSPS) is 12.9. The number of hydrogen-bond donors (Lipinski definition) is 2. The van der Waals surface area contributed by atoms with E-state index in [1.165, 1.54) is 24.3 Å². The van der Waals surface area contributed by atoms with E-state index >= 15 is 0 Å². The Morgan fingerprint density at radius 1 is 0.520 bits per heavy atom. The molecule has 0 aliphatic rings. The predicted molar refractivity (Wildman–Crippen MR) is 164 cm³/mol. The van der Waals surface area contributed by atoms with Gasteiger partial charge in [0.15, 0.2) is 0 Å². The van der Waals surface area contributed by atoms with Gasteiger partial charge in [0.05, 0.1) is 22.1 Å². The van der Waals surface area contributed by atoms with Gasteiger partial charge < -0.3 is 10.6 Å². The smallest absolute Gasteiger partial charge is 0.344 e. The second-order valence-corrected chi connectivity index (χ2v) is 11.0. The van der Waals surface area contributed by atoms with Crippen LogP contribution < -0.4 is 10.6 Å². The van der Waals surface area contributed by atoms with Gasteiger partial charge in [0.25, 0.3) is 0 Å². The third kappa shape index (κ3) is 6.84. The minimum atomic E-state index is -6.54. The molecule has 0 aliphatic heterocycles. The van der Waals surface area contributed by atoms with Crippen LogP contribution >= 0.6 is 0 Å². The number of halogens is 8. The van der Waals surface area contributed by atoms with Crippen molar-refractivity contribution in [2.45, 2.75) is 37.5 Å². The fourth-order valence-electron chi connectivity index (χ4n) is 5.10. The number of nitrogens with zero attached hydrogens (tertiary/aromatic N) is 2. The lowest BCUT2D eigenvalue weighted by atomic mass is 10.1. The molecule has 0 saturated heterocycles. The molecule has 6 aromatic rings. The summed E-state index contributed by atoms with van der Waals surface area (Å²) in [5, 5.41) is 5.72. The number of amides is 2. The van der Waals surface area contributed by atoms with Gasteiger partial charge in [-0.1, -0.05) is 72.8 Å². The van der Waals surface area contributed by atoms with E-state index < -0.39 is 49.3 Å². The highest BCUT2D eigenvalue weighted by molar-refractivity contribution is 5.95. The van der Waals surface area contributed by atoms with Crippen molar-refractivity contribution in [3.8, 4) is 0 Å². The molecule has 0 bridgehead atoms. The number of nitrogens with one attached hydrogen (secondary N) is 2. The average molecular weight is 703 g/mol. The van der Waals surface area contributed by atoms with Gasteiger partial charge in [-0.2, -0.15) is 35.1 Å². The number of hydrogen-bond acceptors (Lipinski definition) is 6. The summed E-state index contributed by atoms with van der Waals surface area (Å²) in [5.41, 5.74) is 1.84. The zero-order valence-electron chi connectivity index (χ0n) is 25.2. The largest absolute Gasteiger partial charge is 0.453 e. The Hall–Kier alpha value is -5.48. The van der Waals surface area contributed by atoms with E-state index in [2.05, 4.69) is 19.4 Å². The highest BCUT2D eigenvalue weighted by atomic mass is 19.3. The maximum Gasteiger partial charge on any atom is 0.453 e. The van der Waals surface area contributed by atoms with Gasteiger partial charge in [0.1, 0.15) is 0 Å². The number of carbonyl (C=O) groups excluding carboxylic acids is 2. The SMILES string of the molecule is O=C(NCc1cccc2cc3ccccc3nc12)C(F)(F)OC(F)(F)C(F)(F)OC(F)(F)C(=O)NCc1cccc2cc3ccccc3nc12. The minimum absolute atomic E-state index is 0.149. The van der Waals surface area contributed by atoms with E-state index in [4.69, 9.17) is 0 Å². The molecule has 4 aromatic carbocycles. The molecule has 2 amide bonds. The first-order chi connectivity index (χ1) is 23.6. The monoisotopic (exact) mass is 702 g/mol. The molecule has 0 spiro atoms. The number of alkyl halides is 8. The van der Waals surface area contributed by atoms with Crippen LogP contribution in [0.1, 0.15) is 11.1 Å². The molecule has 0 radical (unpaired) electrons. The van der Waals surface area contributed by atoms with Crippen LogP contribution in [0.2, 0.25) is 0 Å². The summed E-state index contributed by atoms with van der Waals surface area (Å²) in [6.07, 6.45) is -24.5. The van der Waals surface area contributed by atoms with E-state index in [1.807, 2.05) is 0 Å². The van der Waals surface area contributed by atoms with Crippen LogP contribution in [0, 0.1) is 0 Å². The van der Waals surface area contributed by atoms with Crippen molar-refractivity contribution in [1.82, 2.24) is 20.6 Å². The molecule has 8 nitrogen and oxygen atoms in total. The van der Waals surface area contributed by atoms with Crippen LogP contribution in [0.3, 0.4) is 0 Å². The molecule has 2 aromatic heterocycles. The van der Waals surface area contributed by atoms with Gasteiger partial charge in [-0.15, -0.1) is 0 Å². The fourth-order valence-corrected chi connectivity index (χ4v) is 5.10. The summed E-state index contributed by atoms with van der Waals surface area (Å²) in [4.78, 5) is 33.1. The number of para-hydroxylation sites is 4. The quantitative estimate of drug-likeness (QED) is 0.108. The Morgan fingerprint density at radius 3 is 1.28 bits per heavy atom. The Balaban J connectivity index is 1.10. The molecule has 258 valence electrons. The molecular formula is C34H22F8N4O4. The predicted octanol–water partition coefficient (Wildman–Crippen LogP) is 7.43. The van der Waals surface area contributed by atoms with Gasteiger partial charge in [0.2, 0.25) is 0 Å².